The van der Waals surface area contributed by atoms with Crippen LogP contribution in [0, 0.1) is 0 Å². The zero-order valence-corrected chi connectivity index (χ0v) is 12.1. The van der Waals surface area contributed by atoms with E-state index in [2.05, 4.69) is 31.2 Å². The van der Waals surface area contributed by atoms with Crippen LogP contribution in [0.5, 0.6) is 0 Å². The van der Waals surface area contributed by atoms with Crippen LogP contribution in [0.3, 0.4) is 0 Å². The van der Waals surface area contributed by atoms with Crippen LogP contribution in [-0.4, -0.2) is 4.98 Å². The van der Waals surface area contributed by atoms with Crippen molar-refractivity contribution < 1.29 is 4.42 Å². The van der Waals surface area contributed by atoms with Gasteiger partial charge in [0.15, 0.2) is 5.58 Å². The molecule has 4 rings (SSSR count). The number of aromatic nitrogens is 1. The van der Waals surface area contributed by atoms with Gasteiger partial charge in [-0.2, -0.15) is 0 Å². The number of oxazole rings is 1. The third-order valence-corrected chi connectivity index (χ3v) is 4.48. The summed E-state index contributed by atoms with van der Waals surface area (Å²) in [4.78, 5) is 4.76. The summed E-state index contributed by atoms with van der Waals surface area (Å²) < 4.78 is 6.04. The van der Waals surface area contributed by atoms with Crippen molar-refractivity contribution in [2.75, 3.05) is 5.73 Å². The summed E-state index contributed by atoms with van der Waals surface area (Å²) in [7, 11) is 0. The van der Waals surface area contributed by atoms with E-state index in [1.165, 1.54) is 11.1 Å². The second-order valence-electron chi connectivity index (χ2n) is 5.88. The predicted octanol–water partition coefficient (Wildman–Crippen LogP) is 4.05. The fourth-order valence-corrected chi connectivity index (χ4v) is 2.95. The number of anilines is 1. The second kappa shape index (κ2) is 4.35. The Kier molecular flexibility index (Phi) is 2.58. The molecule has 3 heteroatoms. The number of nitrogen functional groups attached to an aromatic ring is 1. The van der Waals surface area contributed by atoms with Gasteiger partial charge < -0.3 is 10.2 Å². The number of hydrogen-bond acceptors (Lipinski definition) is 3. The molecule has 0 amide bonds. The lowest BCUT2D eigenvalue weighted by molar-refractivity contribution is 0.492. The summed E-state index contributed by atoms with van der Waals surface area (Å²) in [6.07, 6.45) is 3.19. The zero-order chi connectivity index (χ0) is 14.4. The topological polar surface area (TPSA) is 52.0 Å². The van der Waals surface area contributed by atoms with Gasteiger partial charge in [0.1, 0.15) is 5.52 Å². The van der Waals surface area contributed by atoms with Crippen molar-refractivity contribution in [3.8, 4) is 0 Å². The molecule has 3 nitrogen and oxygen atoms in total. The molecule has 0 bridgehead atoms. The van der Waals surface area contributed by atoms with E-state index in [1.54, 1.807) is 0 Å². The second-order valence-corrected chi connectivity index (χ2v) is 5.88. The van der Waals surface area contributed by atoms with Gasteiger partial charge in [-0.15, -0.1) is 0 Å². The van der Waals surface area contributed by atoms with Crippen molar-refractivity contribution in [2.45, 2.75) is 31.6 Å². The maximum absolute atomic E-state index is 6.04. The first-order valence-electron chi connectivity index (χ1n) is 7.47. The van der Waals surface area contributed by atoms with Gasteiger partial charge in [0.25, 0.3) is 0 Å². The van der Waals surface area contributed by atoms with Crippen LogP contribution >= 0.6 is 0 Å². The number of fused-ring (bicyclic) bond motifs is 1. The first-order valence-corrected chi connectivity index (χ1v) is 7.47. The Balaban J connectivity index is 1.80. The van der Waals surface area contributed by atoms with Gasteiger partial charge in [0, 0.05) is 5.69 Å². The highest BCUT2D eigenvalue weighted by Crippen LogP contribution is 2.53. The van der Waals surface area contributed by atoms with Gasteiger partial charge in [-0.1, -0.05) is 25.1 Å². The SMILES string of the molecule is CCc1ccc2oc(C3(c4ccc(N)cc4)CC3)nc2c1. The summed E-state index contributed by atoms with van der Waals surface area (Å²) >= 11 is 0. The van der Waals surface area contributed by atoms with Crippen molar-refractivity contribution in [1.29, 1.82) is 0 Å². The quantitative estimate of drug-likeness (QED) is 0.735. The Morgan fingerprint density at radius 2 is 1.90 bits per heavy atom. The first kappa shape index (κ1) is 12.5. The maximum atomic E-state index is 6.04. The van der Waals surface area contributed by atoms with E-state index >= 15 is 0 Å². The number of rotatable bonds is 3. The van der Waals surface area contributed by atoms with E-state index in [-0.39, 0.29) is 5.41 Å². The fourth-order valence-electron chi connectivity index (χ4n) is 2.95. The van der Waals surface area contributed by atoms with E-state index < -0.39 is 0 Å². The molecule has 1 heterocycles. The molecule has 0 atom stereocenters. The minimum Gasteiger partial charge on any atom is -0.440 e. The first-order chi connectivity index (χ1) is 10.2. The van der Waals surface area contributed by atoms with Gasteiger partial charge in [-0.25, -0.2) is 4.98 Å². The number of nitrogens with zero attached hydrogens (tertiary/aromatic N) is 1. The Bertz CT molecular complexity index is 798. The summed E-state index contributed by atoms with van der Waals surface area (Å²) in [5, 5.41) is 0. The molecule has 1 aliphatic carbocycles. The molecule has 21 heavy (non-hydrogen) atoms. The van der Waals surface area contributed by atoms with E-state index in [4.69, 9.17) is 15.1 Å². The average Bonchev–Trinajstić information content (AvgIpc) is 3.20. The Hall–Kier alpha value is -2.29. The summed E-state index contributed by atoms with van der Waals surface area (Å²) in [5.41, 5.74) is 10.9. The highest BCUT2D eigenvalue weighted by molar-refractivity contribution is 5.74. The van der Waals surface area contributed by atoms with Gasteiger partial charge in [0.2, 0.25) is 5.89 Å². The van der Waals surface area contributed by atoms with Gasteiger partial charge in [0.05, 0.1) is 5.41 Å². The van der Waals surface area contributed by atoms with Crippen LogP contribution in [0.15, 0.2) is 46.9 Å². The van der Waals surface area contributed by atoms with Crippen LogP contribution in [0.1, 0.15) is 36.8 Å². The molecular weight excluding hydrogens is 260 g/mol. The standard InChI is InChI=1S/C18H18N2O/c1-2-12-3-8-16-15(11-12)20-17(21-16)18(9-10-18)13-4-6-14(19)7-5-13/h3-8,11H,2,9-10,19H2,1H3. The Morgan fingerprint density at radius 3 is 2.57 bits per heavy atom. The monoisotopic (exact) mass is 278 g/mol. The molecule has 0 unspecified atom stereocenters. The lowest BCUT2D eigenvalue weighted by Gasteiger charge is -2.11. The van der Waals surface area contributed by atoms with Crippen molar-refractivity contribution in [3.63, 3.8) is 0 Å². The van der Waals surface area contributed by atoms with Crippen LogP contribution < -0.4 is 5.73 Å². The molecule has 0 aliphatic heterocycles. The number of benzene rings is 2. The van der Waals surface area contributed by atoms with Crippen molar-refractivity contribution in [3.05, 3.63) is 59.5 Å². The molecule has 0 saturated heterocycles. The molecule has 1 aliphatic rings. The lowest BCUT2D eigenvalue weighted by atomic mass is 9.96. The van der Waals surface area contributed by atoms with Crippen LogP contribution in [0.25, 0.3) is 11.1 Å². The number of hydrogen-bond donors (Lipinski definition) is 1. The molecule has 0 spiro atoms. The van der Waals surface area contributed by atoms with Gasteiger partial charge >= 0.3 is 0 Å². The molecule has 1 saturated carbocycles. The average molecular weight is 278 g/mol. The van der Waals surface area contributed by atoms with Crippen molar-refractivity contribution in [2.24, 2.45) is 0 Å². The minimum atomic E-state index is -0.0426. The molecule has 1 aromatic heterocycles. The lowest BCUT2D eigenvalue weighted by Crippen LogP contribution is -2.08. The Morgan fingerprint density at radius 1 is 1.14 bits per heavy atom. The van der Waals surface area contributed by atoms with Crippen LogP contribution in [0.4, 0.5) is 5.69 Å². The smallest absolute Gasteiger partial charge is 0.206 e. The molecule has 1 fully saturated rings. The van der Waals surface area contributed by atoms with Gasteiger partial charge in [-0.3, -0.25) is 0 Å². The van der Waals surface area contributed by atoms with E-state index in [1.807, 2.05) is 18.2 Å². The number of nitrogens with two attached hydrogens (primary N) is 1. The molecule has 2 N–H and O–H groups in total. The fraction of sp³-hybridized carbons (Fsp3) is 0.278. The van der Waals surface area contributed by atoms with E-state index in [0.29, 0.717) is 0 Å². The molecular formula is C18H18N2O. The molecule has 106 valence electrons. The molecule has 0 radical (unpaired) electrons. The van der Waals surface area contributed by atoms with E-state index in [9.17, 15) is 0 Å². The number of aryl methyl sites for hydroxylation is 1. The van der Waals surface area contributed by atoms with Crippen LogP contribution in [0.2, 0.25) is 0 Å². The predicted molar refractivity (Wildman–Crippen MR) is 84.3 cm³/mol. The highest BCUT2D eigenvalue weighted by atomic mass is 16.3. The molecule has 2 aromatic carbocycles. The zero-order valence-electron chi connectivity index (χ0n) is 12.1. The molecule has 3 aromatic rings. The highest BCUT2D eigenvalue weighted by Gasteiger charge is 2.50. The third-order valence-electron chi connectivity index (χ3n) is 4.48. The third kappa shape index (κ3) is 1.92. The summed E-state index contributed by atoms with van der Waals surface area (Å²) in [5.74, 6) is 0.843. The largest absolute Gasteiger partial charge is 0.440 e. The van der Waals surface area contributed by atoms with Gasteiger partial charge in [-0.05, 0) is 54.7 Å². The summed E-state index contributed by atoms with van der Waals surface area (Å²) in [6.45, 7) is 2.15. The van der Waals surface area contributed by atoms with Crippen LogP contribution in [-0.2, 0) is 11.8 Å². The normalized spacial score (nSPS) is 16.2. The minimum absolute atomic E-state index is 0.0426. The summed E-state index contributed by atoms with van der Waals surface area (Å²) in [6, 6.07) is 14.4. The van der Waals surface area contributed by atoms with Crippen molar-refractivity contribution in [1.82, 2.24) is 4.98 Å². The maximum Gasteiger partial charge on any atom is 0.206 e. The van der Waals surface area contributed by atoms with E-state index in [0.717, 1.165) is 41.9 Å². The van der Waals surface area contributed by atoms with Crippen molar-refractivity contribution >= 4 is 16.8 Å². The Labute approximate surface area is 123 Å².